The van der Waals surface area contributed by atoms with Gasteiger partial charge in [0.2, 0.25) is 0 Å². The number of carboxylic acids is 1. The summed E-state index contributed by atoms with van der Waals surface area (Å²) in [5.74, 6) is -1.94. The summed E-state index contributed by atoms with van der Waals surface area (Å²) in [6, 6.07) is 22.3. The van der Waals surface area contributed by atoms with Crippen LogP contribution in [0.1, 0.15) is 42.2 Å². The molecule has 0 fully saturated rings. The van der Waals surface area contributed by atoms with Gasteiger partial charge < -0.3 is 15.7 Å². The summed E-state index contributed by atoms with van der Waals surface area (Å²) in [5, 5.41) is 15.9. The number of carboxylic acid groups (broad SMARTS) is 1. The molecule has 1 aliphatic carbocycles. The molecule has 0 atom stereocenters. The van der Waals surface area contributed by atoms with Gasteiger partial charge in [-0.3, -0.25) is 9.59 Å². The highest BCUT2D eigenvalue weighted by molar-refractivity contribution is 9.10. The van der Waals surface area contributed by atoms with Crippen molar-refractivity contribution in [3.63, 3.8) is 0 Å². The minimum Gasteiger partial charge on any atom is -0.478 e. The van der Waals surface area contributed by atoms with E-state index in [9.17, 15) is 19.5 Å². The van der Waals surface area contributed by atoms with E-state index in [0.717, 1.165) is 20.3 Å². The molecule has 0 spiro atoms. The van der Waals surface area contributed by atoms with Crippen LogP contribution in [-0.2, 0) is 0 Å². The van der Waals surface area contributed by atoms with Gasteiger partial charge in [0.05, 0.1) is 28.1 Å². The van der Waals surface area contributed by atoms with Crippen LogP contribution in [0.25, 0.3) is 0 Å². The number of anilines is 4. The van der Waals surface area contributed by atoms with Gasteiger partial charge in [-0.15, -0.1) is 0 Å². The van der Waals surface area contributed by atoms with Crippen LogP contribution in [0.2, 0.25) is 0 Å². The smallest absolute Gasteiger partial charge is 0.335 e. The zero-order valence-electron chi connectivity index (χ0n) is 17.9. The molecule has 35 heavy (non-hydrogen) atoms. The number of hydrogen-bond acceptors (Lipinski definition) is 5. The first-order chi connectivity index (χ1) is 16.8. The van der Waals surface area contributed by atoms with Crippen molar-refractivity contribution in [1.29, 1.82) is 0 Å². The van der Waals surface area contributed by atoms with Gasteiger partial charge >= 0.3 is 5.97 Å². The number of carbonyl (C=O) groups excluding carboxylic acids is 2. The average molecular weight is 592 g/mol. The van der Waals surface area contributed by atoms with Crippen molar-refractivity contribution in [2.24, 2.45) is 0 Å². The van der Waals surface area contributed by atoms with Crippen LogP contribution in [0, 0.1) is 0 Å². The number of ketones is 2. The molecule has 4 aromatic carbocycles. The molecule has 5 rings (SSSR count). The van der Waals surface area contributed by atoms with Crippen molar-refractivity contribution in [2.75, 3.05) is 10.6 Å². The maximum absolute atomic E-state index is 13.7. The van der Waals surface area contributed by atoms with Crippen molar-refractivity contribution in [3.8, 4) is 0 Å². The first-order valence-electron chi connectivity index (χ1n) is 10.5. The van der Waals surface area contributed by atoms with Crippen molar-refractivity contribution in [2.45, 2.75) is 0 Å². The molecule has 0 saturated heterocycles. The molecule has 0 radical (unpaired) electrons. The summed E-state index contributed by atoms with van der Waals surface area (Å²) in [6.45, 7) is 0. The number of rotatable bonds is 5. The van der Waals surface area contributed by atoms with Gasteiger partial charge in [-0.1, -0.05) is 31.9 Å². The number of nitrogens with one attached hydrogen (secondary N) is 2. The summed E-state index contributed by atoms with van der Waals surface area (Å²) < 4.78 is 1.81. The Labute approximate surface area is 217 Å². The topological polar surface area (TPSA) is 95.5 Å². The normalized spacial score (nSPS) is 12.1. The molecule has 3 N–H and O–H groups in total. The molecule has 1 aliphatic rings. The van der Waals surface area contributed by atoms with Crippen molar-refractivity contribution >= 4 is 72.1 Å². The number of halogens is 2. The molecule has 0 saturated carbocycles. The molecule has 0 aromatic heterocycles. The monoisotopic (exact) mass is 590 g/mol. The van der Waals surface area contributed by atoms with Gasteiger partial charge in [0, 0.05) is 31.4 Å². The second kappa shape index (κ2) is 9.13. The fourth-order valence-electron chi connectivity index (χ4n) is 3.99. The van der Waals surface area contributed by atoms with E-state index in [1.54, 1.807) is 12.1 Å². The predicted octanol–water partition coefficient (Wildman–Crippen LogP) is 7.17. The number of hydrogen-bond donors (Lipinski definition) is 3. The van der Waals surface area contributed by atoms with E-state index in [1.165, 1.54) is 18.2 Å². The molecule has 8 heteroatoms. The number of fused-ring (bicyclic) bond motifs is 2. The molecule has 4 aromatic rings. The Morgan fingerprint density at radius 1 is 0.629 bits per heavy atom. The highest BCUT2D eigenvalue weighted by Crippen LogP contribution is 2.39. The molecule has 0 amide bonds. The fraction of sp³-hybridized carbons (Fsp3) is 0. The third-order valence-corrected chi connectivity index (χ3v) is 6.72. The first kappa shape index (κ1) is 23.0. The maximum Gasteiger partial charge on any atom is 0.335 e. The van der Waals surface area contributed by atoms with Crippen LogP contribution in [-0.4, -0.2) is 22.6 Å². The van der Waals surface area contributed by atoms with Gasteiger partial charge in [0.1, 0.15) is 0 Å². The maximum atomic E-state index is 13.7. The second-order valence-corrected chi connectivity index (χ2v) is 9.73. The Kier molecular flexibility index (Phi) is 6.00. The largest absolute Gasteiger partial charge is 0.478 e. The fourth-order valence-corrected chi connectivity index (χ4v) is 4.52. The average Bonchev–Trinajstić information content (AvgIpc) is 2.85. The van der Waals surface area contributed by atoms with E-state index in [-0.39, 0.29) is 33.6 Å². The van der Waals surface area contributed by atoms with Crippen LogP contribution < -0.4 is 10.6 Å². The molecule has 0 heterocycles. The SMILES string of the molecule is O=C(O)c1ccc2c(c1)C(=O)c1c(Nc3ccc(Br)cc3)ccc(Nc3ccc(Br)cc3)c1C2=O. The summed E-state index contributed by atoms with van der Waals surface area (Å²) >= 11 is 6.81. The quantitative estimate of drug-likeness (QED) is 0.200. The Morgan fingerprint density at radius 3 is 1.54 bits per heavy atom. The second-order valence-electron chi connectivity index (χ2n) is 7.90. The number of aromatic carboxylic acids is 1. The first-order valence-corrected chi connectivity index (χ1v) is 12.1. The van der Waals surface area contributed by atoms with E-state index in [2.05, 4.69) is 42.5 Å². The van der Waals surface area contributed by atoms with Gasteiger partial charge in [-0.25, -0.2) is 4.79 Å². The summed E-state index contributed by atoms with van der Waals surface area (Å²) in [7, 11) is 0. The number of carbonyl (C=O) groups is 3. The molecule has 0 unspecified atom stereocenters. The van der Waals surface area contributed by atoms with Gasteiger partial charge in [-0.05, 0) is 78.9 Å². The lowest BCUT2D eigenvalue weighted by atomic mass is 9.81. The highest BCUT2D eigenvalue weighted by Gasteiger charge is 2.34. The van der Waals surface area contributed by atoms with Crippen LogP contribution in [0.15, 0.2) is 87.8 Å². The summed E-state index contributed by atoms with van der Waals surface area (Å²) in [5.41, 5.74) is 3.02. The van der Waals surface area contributed by atoms with Crippen LogP contribution in [0.5, 0.6) is 0 Å². The molecule has 6 nitrogen and oxygen atoms in total. The zero-order valence-corrected chi connectivity index (χ0v) is 21.1. The van der Waals surface area contributed by atoms with Gasteiger partial charge in [0.25, 0.3) is 0 Å². The molecule has 0 aliphatic heterocycles. The van der Waals surface area contributed by atoms with Crippen LogP contribution in [0.4, 0.5) is 22.7 Å². The Morgan fingerprint density at radius 2 is 1.09 bits per heavy atom. The van der Waals surface area contributed by atoms with Gasteiger partial charge in [-0.2, -0.15) is 0 Å². The summed E-state index contributed by atoms with van der Waals surface area (Å²) in [6.07, 6.45) is 0. The van der Waals surface area contributed by atoms with Crippen molar-refractivity contribution in [3.05, 3.63) is 116 Å². The lowest BCUT2D eigenvalue weighted by Gasteiger charge is -2.24. The third-order valence-electron chi connectivity index (χ3n) is 5.66. The standard InChI is InChI=1S/C27H16Br2N2O4/c28-15-2-6-17(7-3-15)30-21-11-12-22(31-18-8-4-16(29)5-9-18)24-23(21)25(32)19-10-1-14(27(34)35)13-20(19)26(24)33/h1-13,30-31H,(H,34,35). The Hall–Kier alpha value is -3.75. The molecular weight excluding hydrogens is 576 g/mol. The summed E-state index contributed by atoms with van der Waals surface area (Å²) in [4.78, 5) is 38.9. The van der Waals surface area contributed by atoms with Crippen LogP contribution in [0.3, 0.4) is 0 Å². The van der Waals surface area contributed by atoms with E-state index < -0.39 is 11.8 Å². The molecule has 0 bridgehead atoms. The Bertz CT molecular complexity index is 1510. The van der Waals surface area contributed by atoms with Gasteiger partial charge in [0.15, 0.2) is 11.6 Å². The highest BCUT2D eigenvalue weighted by atomic mass is 79.9. The van der Waals surface area contributed by atoms with E-state index in [1.807, 2.05) is 48.5 Å². The molecular formula is C27H16Br2N2O4. The lowest BCUT2D eigenvalue weighted by molar-refractivity contribution is 0.0696. The lowest BCUT2D eigenvalue weighted by Crippen LogP contribution is -2.24. The van der Waals surface area contributed by atoms with E-state index >= 15 is 0 Å². The third kappa shape index (κ3) is 4.38. The van der Waals surface area contributed by atoms with E-state index in [0.29, 0.717) is 11.4 Å². The Balaban J connectivity index is 1.67. The van der Waals surface area contributed by atoms with E-state index in [4.69, 9.17) is 0 Å². The van der Waals surface area contributed by atoms with Crippen molar-refractivity contribution in [1.82, 2.24) is 0 Å². The molecule has 172 valence electrons. The predicted molar refractivity (Wildman–Crippen MR) is 142 cm³/mol. The van der Waals surface area contributed by atoms with Crippen LogP contribution >= 0.6 is 31.9 Å². The zero-order chi connectivity index (χ0) is 24.7. The minimum absolute atomic E-state index is 0.0556. The van der Waals surface area contributed by atoms with Crippen molar-refractivity contribution < 1.29 is 19.5 Å². The minimum atomic E-state index is -1.17. The number of benzene rings is 4.